The van der Waals surface area contributed by atoms with Gasteiger partial charge >= 0.3 is 0 Å². The zero-order valence-corrected chi connectivity index (χ0v) is 13.4. The lowest BCUT2D eigenvalue weighted by Crippen LogP contribution is -2.10. The lowest BCUT2D eigenvalue weighted by Gasteiger charge is -2.12. The molecule has 1 aromatic heterocycles. The molecule has 21 heavy (non-hydrogen) atoms. The number of hydrogen-bond acceptors (Lipinski definition) is 4. The number of nitrogens with zero attached hydrogens (tertiary/aromatic N) is 1. The molecule has 0 unspecified atom stereocenters. The molecule has 0 amide bonds. The van der Waals surface area contributed by atoms with Crippen LogP contribution in [0.4, 0.5) is 0 Å². The molecule has 1 N–H and O–H groups in total. The fraction of sp³-hybridized carbons (Fsp3) is 0.333. The van der Waals surface area contributed by atoms with E-state index in [2.05, 4.69) is 25.9 Å². The SMILES string of the molecule is COc1cc(Br)c(-c2nc(C3CC3)cc(=O)[nH]2)cc1OC. The van der Waals surface area contributed by atoms with Crippen LogP contribution in [0.25, 0.3) is 11.4 Å². The predicted octanol–water partition coefficient (Wildman–Crippen LogP) is 3.09. The number of H-pyrrole nitrogens is 1. The van der Waals surface area contributed by atoms with E-state index in [4.69, 9.17) is 9.47 Å². The second-order valence-corrected chi connectivity index (χ2v) is 5.83. The number of aromatic amines is 1. The Morgan fingerprint density at radius 2 is 1.86 bits per heavy atom. The van der Waals surface area contributed by atoms with Crippen molar-refractivity contribution in [1.29, 1.82) is 0 Å². The van der Waals surface area contributed by atoms with E-state index in [1.54, 1.807) is 32.4 Å². The van der Waals surface area contributed by atoms with Crippen molar-refractivity contribution in [3.05, 3.63) is 38.7 Å². The van der Waals surface area contributed by atoms with E-state index in [-0.39, 0.29) is 5.56 Å². The van der Waals surface area contributed by atoms with E-state index in [1.807, 2.05) is 0 Å². The maximum absolute atomic E-state index is 11.8. The maximum atomic E-state index is 11.8. The largest absolute Gasteiger partial charge is 0.493 e. The van der Waals surface area contributed by atoms with Crippen molar-refractivity contribution in [1.82, 2.24) is 9.97 Å². The highest BCUT2D eigenvalue weighted by molar-refractivity contribution is 9.10. The predicted molar refractivity (Wildman–Crippen MR) is 83.1 cm³/mol. The first-order valence-corrected chi connectivity index (χ1v) is 7.45. The molecular weight excluding hydrogens is 336 g/mol. The van der Waals surface area contributed by atoms with Crippen molar-refractivity contribution < 1.29 is 9.47 Å². The van der Waals surface area contributed by atoms with Gasteiger partial charge in [0.25, 0.3) is 5.56 Å². The highest BCUT2D eigenvalue weighted by atomic mass is 79.9. The summed E-state index contributed by atoms with van der Waals surface area (Å²) in [5, 5.41) is 0. The van der Waals surface area contributed by atoms with Gasteiger partial charge < -0.3 is 14.5 Å². The van der Waals surface area contributed by atoms with Crippen LogP contribution < -0.4 is 15.0 Å². The fourth-order valence-corrected chi connectivity index (χ4v) is 2.74. The molecule has 1 heterocycles. The van der Waals surface area contributed by atoms with Gasteiger partial charge in [0.1, 0.15) is 5.82 Å². The molecule has 0 saturated heterocycles. The fourth-order valence-electron chi connectivity index (χ4n) is 2.23. The molecule has 110 valence electrons. The number of rotatable bonds is 4. The third-order valence-corrected chi connectivity index (χ3v) is 4.14. The quantitative estimate of drug-likeness (QED) is 0.920. The van der Waals surface area contributed by atoms with Gasteiger partial charge in [-0.15, -0.1) is 0 Å². The number of methoxy groups -OCH3 is 2. The summed E-state index contributed by atoms with van der Waals surface area (Å²) in [4.78, 5) is 19.2. The second kappa shape index (κ2) is 5.52. The summed E-state index contributed by atoms with van der Waals surface area (Å²) < 4.78 is 11.4. The summed E-state index contributed by atoms with van der Waals surface area (Å²) >= 11 is 3.49. The van der Waals surface area contributed by atoms with Crippen LogP contribution in [0, 0.1) is 0 Å². The van der Waals surface area contributed by atoms with Gasteiger partial charge in [-0.2, -0.15) is 0 Å². The monoisotopic (exact) mass is 350 g/mol. The average molecular weight is 351 g/mol. The molecular formula is C15H15BrN2O3. The van der Waals surface area contributed by atoms with Crippen LogP contribution >= 0.6 is 15.9 Å². The van der Waals surface area contributed by atoms with Crippen molar-refractivity contribution in [3.63, 3.8) is 0 Å². The minimum atomic E-state index is -0.136. The van der Waals surface area contributed by atoms with Gasteiger partial charge in [0.2, 0.25) is 0 Å². The summed E-state index contributed by atoms with van der Waals surface area (Å²) in [6.07, 6.45) is 2.20. The Kier molecular flexibility index (Phi) is 3.71. The molecule has 1 aliphatic carbocycles. The molecule has 5 nitrogen and oxygen atoms in total. The minimum Gasteiger partial charge on any atom is -0.493 e. The minimum absolute atomic E-state index is 0.136. The van der Waals surface area contributed by atoms with E-state index >= 15 is 0 Å². The first-order chi connectivity index (χ1) is 10.1. The number of aromatic nitrogens is 2. The Hall–Kier alpha value is -1.82. The lowest BCUT2D eigenvalue weighted by atomic mass is 10.1. The zero-order valence-electron chi connectivity index (χ0n) is 11.8. The third-order valence-electron chi connectivity index (χ3n) is 3.49. The van der Waals surface area contributed by atoms with E-state index in [0.29, 0.717) is 23.2 Å². The molecule has 0 spiro atoms. The van der Waals surface area contributed by atoms with Crippen molar-refractivity contribution >= 4 is 15.9 Å². The van der Waals surface area contributed by atoms with Gasteiger partial charge in [-0.3, -0.25) is 4.79 Å². The van der Waals surface area contributed by atoms with Gasteiger partial charge in [0, 0.05) is 22.0 Å². The topological polar surface area (TPSA) is 64.2 Å². The number of benzene rings is 1. The Morgan fingerprint density at radius 1 is 1.19 bits per heavy atom. The number of halogens is 1. The van der Waals surface area contributed by atoms with Crippen molar-refractivity contribution in [2.45, 2.75) is 18.8 Å². The van der Waals surface area contributed by atoms with E-state index in [1.165, 1.54) is 0 Å². The highest BCUT2D eigenvalue weighted by Crippen LogP contribution is 2.40. The molecule has 1 aromatic carbocycles. The smallest absolute Gasteiger partial charge is 0.251 e. The standard InChI is InChI=1S/C15H15BrN2O3/c1-20-12-5-9(10(16)6-13(12)21-2)15-17-11(8-3-4-8)7-14(19)18-15/h5-8H,3-4H2,1-2H3,(H,17,18,19). The van der Waals surface area contributed by atoms with Crippen molar-refractivity contribution in [3.8, 4) is 22.9 Å². The van der Waals surface area contributed by atoms with Crippen molar-refractivity contribution in [2.75, 3.05) is 14.2 Å². The Morgan fingerprint density at radius 3 is 2.48 bits per heavy atom. The van der Waals surface area contributed by atoms with Gasteiger partial charge in [0.15, 0.2) is 11.5 Å². The molecule has 1 fully saturated rings. The van der Waals surface area contributed by atoms with Crippen LogP contribution in [-0.4, -0.2) is 24.2 Å². The van der Waals surface area contributed by atoms with Gasteiger partial charge in [-0.25, -0.2) is 4.98 Å². The number of nitrogens with one attached hydrogen (secondary N) is 1. The molecule has 0 radical (unpaired) electrons. The van der Waals surface area contributed by atoms with Crippen LogP contribution in [-0.2, 0) is 0 Å². The van der Waals surface area contributed by atoms with Crippen LogP contribution in [0.15, 0.2) is 27.5 Å². The molecule has 1 aliphatic rings. The van der Waals surface area contributed by atoms with E-state index < -0.39 is 0 Å². The zero-order chi connectivity index (χ0) is 15.0. The van der Waals surface area contributed by atoms with E-state index in [9.17, 15) is 4.79 Å². The molecule has 2 aromatic rings. The van der Waals surface area contributed by atoms with Crippen LogP contribution in [0.1, 0.15) is 24.5 Å². The average Bonchev–Trinajstić information content (AvgIpc) is 3.30. The molecule has 0 aliphatic heterocycles. The van der Waals surface area contributed by atoms with Crippen LogP contribution in [0.2, 0.25) is 0 Å². The summed E-state index contributed by atoms with van der Waals surface area (Å²) in [5.41, 5.74) is 1.49. The lowest BCUT2D eigenvalue weighted by molar-refractivity contribution is 0.355. The van der Waals surface area contributed by atoms with Crippen molar-refractivity contribution in [2.24, 2.45) is 0 Å². The molecule has 1 saturated carbocycles. The normalized spacial score (nSPS) is 14.0. The van der Waals surface area contributed by atoms with Crippen LogP contribution in [0.5, 0.6) is 11.5 Å². The Bertz CT molecular complexity index is 738. The molecule has 3 rings (SSSR count). The summed E-state index contributed by atoms with van der Waals surface area (Å²) in [6, 6.07) is 5.19. The first kappa shape index (κ1) is 14.1. The van der Waals surface area contributed by atoms with E-state index in [0.717, 1.165) is 28.6 Å². The second-order valence-electron chi connectivity index (χ2n) is 4.98. The first-order valence-electron chi connectivity index (χ1n) is 6.65. The molecule has 0 bridgehead atoms. The number of hydrogen-bond donors (Lipinski definition) is 1. The summed E-state index contributed by atoms with van der Waals surface area (Å²) in [7, 11) is 3.16. The number of ether oxygens (including phenoxy) is 2. The van der Waals surface area contributed by atoms with Crippen LogP contribution in [0.3, 0.4) is 0 Å². The Balaban J connectivity index is 2.13. The van der Waals surface area contributed by atoms with Gasteiger partial charge in [0.05, 0.1) is 19.9 Å². The summed E-state index contributed by atoms with van der Waals surface area (Å²) in [6.45, 7) is 0. The highest BCUT2D eigenvalue weighted by Gasteiger charge is 2.26. The van der Waals surface area contributed by atoms with Gasteiger partial charge in [-0.1, -0.05) is 0 Å². The Labute approximate surface area is 130 Å². The molecule has 0 atom stereocenters. The maximum Gasteiger partial charge on any atom is 0.251 e. The summed E-state index contributed by atoms with van der Waals surface area (Å²) in [5.74, 6) is 2.17. The third kappa shape index (κ3) is 2.81. The van der Waals surface area contributed by atoms with Gasteiger partial charge in [-0.05, 0) is 40.9 Å². The molecule has 6 heteroatoms.